The molecule has 0 fully saturated rings. The maximum Gasteiger partial charge on any atom is 0.547 e. The minimum absolute atomic E-state index is 0.166. The SMILES string of the molecule is CCOC(=O)c1cc(Cl)cc2c1OB(O)C(NC(C)=O)C2. The maximum atomic E-state index is 11.9. The van der Waals surface area contributed by atoms with Crippen molar-refractivity contribution >= 4 is 30.6 Å². The highest BCUT2D eigenvalue weighted by Crippen LogP contribution is 2.33. The number of amides is 1. The number of rotatable bonds is 3. The Kier molecular flexibility index (Phi) is 4.75. The summed E-state index contributed by atoms with van der Waals surface area (Å²) in [6.45, 7) is 3.26. The number of hydrogen-bond donors (Lipinski definition) is 2. The van der Waals surface area contributed by atoms with Gasteiger partial charge in [-0.05, 0) is 31.0 Å². The molecule has 2 N–H and O–H groups in total. The van der Waals surface area contributed by atoms with Crippen molar-refractivity contribution in [3.8, 4) is 5.75 Å². The molecule has 1 unspecified atom stereocenters. The molecular weight excluding hydrogens is 296 g/mol. The molecule has 0 spiro atoms. The lowest BCUT2D eigenvalue weighted by Gasteiger charge is -2.29. The number of ether oxygens (including phenoxy) is 1. The smallest absolute Gasteiger partial charge is 0.534 e. The maximum absolute atomic E-state index is 11.9. The van der Waals surface area contributed by atoms with Gasteiger partial charge < -0.3 is 19.7 Å². The molecule has 1 amide bonds. The third-order valence-corrected chi connectivity index (χ3v) is 3.26. The zero-order valence-electron chi connectivity index (χ0n) is 11.7. The second-order valence-electron chi connectivity index (χ2n) is 4.68. The minimum atomic E-state index is -1.24. The van der Waals surface area contributed by atoms with E-state index in [1.165, 1.54) is 13.0 Å². The molecule has 0 radical (unpaired) electrons. The van der Waals surface area contributed by atoms with Crippen molar-refractivity contribution in [2.75, 3.05) is 6.61 Å². The summed E-state index contributed by atoms with van der Waals surface area (Å²) in [6.07, 6.45) is 0.309. The molecule has 2 rings (SSSR count). The van der Waals surface area contributed by atoms with Crippen molar-refractivity contribution in [1.82, 2.24) is 5.32 Å². The van der Waals surface area contributed by atoms with Crippen LogP contribution in [0.5, 0.6) is 5.75 Å². The molecule has 0 aliphatic carbocycles. The number of esters is 1. The van der Waals surface area contributed by atoms with Gasteiger partial charge in [0.15, 0.2) is 0 Å². The molecule has 1 aliphatic heterocycles. The van der Waals surface area contributed by atoms with E-state index in [0.717, 1.165) is 0 Å². The van der Waals surface area contributed by atoms with Gasteiger partial charge in [0, 0.05) is 11.9 Å². The van der Waals surface area contributed by atoms with Gasteiger partial charge in [-0.2, -0.15) is 0 Å². The summed E-state index contributed by atoms with van der Waals surface area (Å²) < 4.78 is 10.3. The van der Waals surface area contributed by atoms with Crippen LogP contribution < -0.4 is 9.97 Å². The Bertz CT molecular complexity index is 580. The first-order chi connectivity index (χ1) is 9.92. The summed E-state index contributed by atoms with van der Waals surface area (Å²) in [5, 5.41) is 12.9. The van der Waals surface area contributed by atoms with E-state index in [4.69, 9.17) is 21.0 Å². The Morgan fingerprint density at radius 1 is 1.57 bits per heavy atom. The molecule has 1 aromatic carbocycles. The van der Waals surface area contributed by atoms with Crippen molar-refractivity contribution in [3.05, 3.63) is 28.3 Å². The molecular formula is C13H15BClNO5. The molecule has 1 aliphatic rings. The van der Waals surface area contributed by atoms with Crippen LogP contribution in [0, 0.1) is 0 Å². The van der Waals surface area contributed by atoms with Gasteiger partial charge in [-0.1, -0.05) is 11.6 Å². The van der Waals surface area contributed by atoms with Gasteiger partial charge in [-0.15, -0.1) is 0 Å². The summed E-state index contributed by atoms with van der Waals surface area (Å²) in [4.78, 5) is 23.0. The molecule has 8 heteroatoms. The predicted octanol–water partition coefficient (Wildman–Crippen LogP) is 0.976. The van der Waals surface area contributed by atoms with Crippen LogP contribution in [0.25, 0.3) is 0 Å². The van der Waals surface area contributed by atoms with Crippen LogP contribution in [0.3, 0.4) is 0 Å². The van der Waals surface area contributed by atoms with Crippen LogP contribution in [0.15, 0.2) is 12.1 Å². The van der Waals surface area contributed by atoms with E-state index in [2.05, 4.69) is 5.32 Å². The van der Waals surface area contributed by atoms with Gasteiger partial charge in [0.25, 0.3) is 0 Å². The van der Waals surface area contributed by atoms with Gasteiger partial charge in [0.2, 0.25) is 5.91 Å². The number of carbonyl (C=O) groups is 2. The number of halogens is 1. The first-order valence-electron chi connectivity index (χ1n) is 6.53. The van der Waals surface area contributed by atoms with Gasteiger partial charge in [0.1, 0.15) is 11.3 Å². The normalized spacial score (nSPS) is 16.8. The van der Waals surface area contributed by atoms with Gasteiger partial charge >= 0.3 is 13.1 Å². The molecule has 1 aromatic rings. The second kappa shape index (κ2) is 6.36. The molecule has 112 valence electrons. The van der Waals surface area contributed by atoms with Crippen LogP contribution in [0.4, 0.5) is 0 Å². The lowest BCUT2D eigenvalue weighted by Crippen LogP contribution is -2.52. The first-order valence-corrected chi connectivity index (χ1v) is 6.91. The fourth-order valence-electron chi connectivity index (χ4n) is 2.23. The van der Waals surface area contributed by atoms with Crippen molar-refractivity contribution < 1.29 is 24.0 Å². The molecule has 1 heterocycles. The van der Waals surface area contributed by atoms with Crippen LogP contribution in [0.2, 0.25) is 5.02 Å². The van der Waals surface area contributed by atoms with Gasteiger partial charge in [0.05, 0.1) is 12.5 Å². The summed E-state index contributed by atoms with van der Waals surface area (Å²) >= 11 is 6.00. The Labute approximate surface area is 127 Å². The number of hydrogen-bond acceptors (Lipinski definition) is 5. The number of fused-ring (bicyclic) bond motifs is 1. The summed E-state index contributed by atoms with van der Waals surface area (Å²) in [7, 11) is -1.24. The van der Waals surface area contributed by atoms with Crippen molar-refractivity contribution in [3.63, 3.8) is 0 Å². The summed E-state index contributed by atoms with van der Waals surface area (Å²) in [6, 6.07) is 3.07. The molecule has 21 heavy (non-hydrogen) atoms. The zero-order valence-corrected chi connectivity index (χ0v) is 12.4. The van der Waals surface area contributed by atoms with E-state index in [-0.39, 0.29) is 23.8 Å². The highest BCUT2D eigenvalue weighted by atomic mass is 35.5. The predicted molar refractivity (Wildman–Crippen MR) is 77.3 cm³/mol. The Morgan fingerprint density at radius 2 is 2.29 bits per heavy atom. The van der Waals surface area contributed by atoms with E-state index >= 15 is 0 Å². The van der Waals surface area contributed by atoms with E-state index in [0.29, 0.717) is 17.0 Å². The minimum Gasteiger partial charge on any atom is -0.534 e. The second-order valence-corrected chi connectivity index (χ2v) is 5.12. The zero-order chi connectivity index (χ0) is 15.6. The lowest BCUT2D eigenvalue weighted by atomic mass is 9.72. The highest BCUT2D eigenvalue weighted by Gasteiger charge is 2.37. The van der Waals surface area contributed by atoms with Crippen LogP contribution >= 0.6 is 11.6 Å². The van der Waals surface area contributed by atoms with Crippen molar-refractivity contribution in [2.45, 2.75) is 26.2 Å². The quantitative estimate of drug-likeness (QED) is 0.642. The fraction of sp³-hybridized carbons (Fsp3) is 0.385. The number of nitrogens with one attached hydrogen (secondary N) is 1. The average molecular weight is 312 g/mol. The Balaban J connectivity index is 2.37. The van der Waals surface area contributed by atoms with Gasteiger partial charge in [-0.25, -0.2) is 4.79 Å². The van der Waals surface area contributed by atoms with E-state index in [1.807, 2.05) is 0 Å². The molecule has 0 saturated carbocycles. The monoisotopic (exact) mass is 311 g/mol. The Morgan fingerprint density at radius 3 is 2.90 bits per heavy atom. The Hall–Kier alpha value is -1.73. The topological polar surface area (TPSA) is 84.9 Å². The van der Waals surface area contributed by atoms with Crippen molar-refractivity contribution in [1.29, 1.82) is 0 Å². The van der Waals surface area contributed by atoms with Crippen LogP contribution in [-0.4, -0.2) is 36.6 Å². The van der Waals surface area contributed by atoms with E-state index < -0.39 is 19.0 Å². The van der Waals surface area contributed by atoms with E-state index in [1.54, 1.807) is 13.0 Å². The molecule has 0 bridgehead atoms. The lowest BCUT2D eigenvalue weighted by molar-refractivity contribution is -0.119. The fourth-order valence-corrected chi connectivity index (χ4v) is 2.47. The standard InChI is InChI=1S/C13H15BClNO5/c1-3-20-13(18)10-6-9(15)4-8-5-11(16-7(2)17)14(19)21-12(8)10/h4,6,11,19H,3,5H2,1-2H3,(H,16,17). The van der Waals surface area contributed by atoms with Crippen molar-refractivity contribution in [2.24, 2.45) is 0 Å². The molecule has 6 nitrogen and oxygen atoms in total. The third-order valence-electron chi connectivity index (χ3n) is 3.04. The molecule has 1 atom stereocenters. The van der Waals surface area contributed by atoms with Gasteiger partial charge in [-0.3, -0.25) is 4.79 Å². The number of benzene rings is 1. The van der Waals surface area contributed by atoms with Crippen LogP contribution in [0.1, 0.15) is 29.8 Å². The highest BCUT2D eigenvalue weighted by molar-refractivity contribution is 6.47. The first kappa shape index (κ1) is 15.7. The summed E-state index contributed by atoms with van der Waals surface area (Å²) in [5.74, 6) is -1.20. The van der Waals surface area contributed by atoms with Crippen LogP contribution in [-0.2, 0) is 16.0 Å². The third kappa shape index (κ3) is 3.48. The molecule has 0 aromatic heterocycles. The largest absolute Gasteiger partial charge is 0.547 e. The average Bonchev–Trinajstić information content (AvgIpc) is 2.39. The molecule has 0 saturated heterocycles. The van der Waals surface area contributed by atoms with E-state index in [9.17, 15) is 14.6 Å². The summed E-state index contributed by atoms with van der Waals surface area (Å²) in [5.41, 5.74) is 0.800. The number of carbonyl (C=O) groups excluding carboxylic acids is 2.